The fourth-order valence-corrected chi connectivity index (χ4v) is 2.83. The summed E-state index contributed by atoms with van der Waals surface area (Å²) in [7, 11) is 2.00. The fourth-order valence-electron chi connectivity index (χ4n) is 2.83. The molecule has 4 heteroatoms. The number of rotatable bonds is 7. The largest absolute Gasteiger partial charge is 0.493 e. The molecule has 4 nitrogen and oxygen atoms in total. The van der Waals surface area contributed by atoms with Gasteiger partial charge in [-0.1, -0.05) is 12.1 Å². The van der Waals surface area contributed by atoms with Crippen molar-refractivity contribution in [1.82, 2.24) is 15.1 Å². The molecule has 0 bridgehead atoms. The Kier molecular flexibility index (Phi) is 4.71. The van der Waals surface area contributed by atoms with Gasteiger partial charge in [0.25, 0.3) is 0 Å². The van der Waals surface area contributed by atoms with E-state index in [-0.39, 0.29) is 0 Å². The Balaban J connectivity index is 1.62. The minimum Gasteiger partial charge on any atom is -0.493 e. The van der Waals surface area contributed by atoms with Gasteiger partial charge in [-0.2, -0.15) is 5.10 Å². The maximum Gasteiger partial charge on any atom is 0.124 e. The van der Waals surface area contributed by atoms with Crippen molar-refractivity contribution < 1.29 is 4.74 Å². The van der Waals surface area contributed by atoms with Gasteiger partial charge < -0.3 is 10.1 Å². The number of aromatic nitrogens is 2. The lowest BCUT2D eigenvalue weighted by Crippen LogP contribution is -2.15. The van der Waals surface area contributed by atoms with Crippen molar-refractivity contribution in [3.8, 4) is 5.75 Å². The monoisotopic (exact) mass is 313 g/mol. The Hall–Kier alpha value is -1.81. The molecule has 0 saturated heterocycles. The fraction of sp³-hybridized carbons (Fsp3) is 0.526. The SMILES string of the molecule is Cc1ccc(CNCc2c(C)nn(C)c2C)c(OCC2CC2)c1. The predicted molar refractivity (Wildman–Crippen MR) is 92.6 cm³/mol. The van der Waals surface area contributed by atoms with Gasteiger partial charge in [0.05, 0.1) is 12.3 Å². The third-order valence-electron chi connectivity index (χ3n) is 4.67. The summed E-state index contributed by atoms with van der Waals surface area (Å²) in [4.78, 5) is 0. The summed E-state index contributed by atoms with van der Waals surface area (Å²) < 4.78 is 7.99. The number of hydrogen-bond donors (Lipinski definition) is 1. The zero-order chi connectivity index (χ0) is 16.4. The minimum atomic E-state index is 0.775. The molecule has 1 fully saturated rings. The molecule has 23 heavy (non-hydrogen) atoms. The van der Waals surface area contributed by atoms with Crippen LogP contribution in [-0.2, 0) is 20.1 Å². The Morgan fingerprint density at radius 1 is 1.22 bits per heavy atom. The number of hydrogen-bond acceptors (Lipinski definition) is 3. The highest BCUT2D eigenvalue weighted by Gasteiger charge is 2.22. The van der Waals surface area contributed by atoms with E-state index in [1.54, 1.807) is 0 Å². The molecule has 0 radical (unpaired) electrons. The molecule has 1 heterocycles. The number of aryl methyl sites for hydroxylation is 3. The van der Waals surface area contributed by atoms with E-state index in [2.05, 4.69) is 49.4 Å². The minimum absolute atomic E-state index is 0.775. The molecule has 0 amide bonds. The van der Waals surface area contributed by atoms with Gasteiger partial charge in [-0.15, -0.1) is 0 Å². The molecule has 1 aliphatic carbocycles. The summed E-state index contributed by atoms with van der Waals surface area (Å²) in [6, 6.07) is 6.48. The van der Waals surface area contributed by atoms with Crippen molar-refractivity contribution in [3.05, 3.63) is 46.3 Å². The topological polar surface area (TPSA) is 39.1 Å². The molecule has 2 aromatic rings. The average Bonchev–Trinajstić information content (AvgIpc) is 3.30. The third kappa shape index (κ3) is 3.94. The van der Waals surface area contributed by atoms with Gasteiger partial charge in [0, 0.05) is 37.0 Å². The van der Waals surface area contributed by atoms with Crippen molar-refractivity contribution >= 4 is 0 Å². The van der Waals surface area contributed by atoms with Gasteiger partial charge in [-0.05, 0) is 51.2 Å². The van der Waals surface area contributed by atoms with Crippen molar-refractivity contribution in [2.45, 2.75) is 46.7 Å². The molecular formula is C19H27N3O. The van der Waals surface area contributed by atoms with Crippen LogP contribution < -0.4 is 10.1 Å². The second-order valence-electron chi connectivity index (χ2n) is 6.74. The second-order valence-corrected chi connectivity index (χ2v) is 6.74. The zero-order valence-electron chi connectivity index (χ0n) is 14.6. The van der Waals surface area contributed by atoms with Gasteiger partial charge in [-0.25, -0.2) is 0 Å². The third-order valence-corrected chi connectivity index (χ3v) is 4.67. The number of nitrogens with one attached hydrogen (secondary N) is 1. The molecule has 1 aliphatic rings. The van der Waals surface area contributed by atoms with Crippen LogP contribution in [0, 0.1) is 26.7 Å². The Bertz CT molecular complexity index is 686. The quantitative estimate of drug-likeness (QED) is 0.851. The van der Waals surface area contributed by atoms with Crippen molar-refractivity contribution in [2.24, 2.45) is 13.0 Å². The van der Waals surface area contributed by atoms with Gasteiger partial charge >= 0.3 is 0 Å². The molecular weight excluding hydrogens is 286 g/mol. The van der Waals surface area contributed by atoms with Gasteiger partial charge in [-0.3, -0.25) is 4.68 Å². The maximum atomic E-state index is 6.04. The summed E-state index contributed by atoms with van der Waals surface area (Å²) >= 11 is 0. The predicted octanol–water partition coefficient (Wildman–Crippen LogP) is 3.42. The second kappa shape index (κ2) is 6.75. The molecule has 0 atom stereocenters. The van der Waals surface area contributed by atoms with Crippen LogP contribution in [0.3, 0.4) is 0 Å². The first-order chi connectivity index (χ1) is 11.0. The van der Waals surface area contributed by atoms with Crippen molar-refractivity contribution in [2.75, 3.05) is 6.61 Å². The summed E-state index contributed by atoms with van der Waals surface area (Å²) in [5, 5.41) is 8.02. The highest BCUT2D eigenvalue weighted by atomic mass is 16.5. The van der Waals surface area contributed by atoms with Gasteiger partial charge in [0.2, 0.25) is 0 Å². The summed E-state index contributed by atoms with van der Waals surface area (Å²) in [6.45, 7) is 8.81. The van der Waals surface area contributed by atoms with E-state index < -0.39 is 0 Å². The molecule has 1 saturated carbocycles. The number of benzene rings is 1. The Labute approximate surface area is 138 Å². The standard InChI is InChI=1S/C19H27N3O/c1-13-5-8-17(19(9-13)23-12-16-6-7-16)10-20-11-18-14(2)21-22(4)15(18)3/h5,8-9,16,20H,6-7,10-12H2,1-4H3. The molecule has 124 valence electrons. The summed E-state index contributed by atoms with van der Waals surface area (Å²) in [5.41, 5.74) is 6.10. The summed E-state index contributed by atoms with van der Waals surface area (Å²) in [5.74, 6) is 1.81. The van der Waals surface area contributed by atoms with Crippen LogP contribution >= 0.6 is 0 Å². The summed E-state index contributed by atoms with van der Waals surface area (Å²) in [6.07, 6.45) is 2.64. The first-order valence-electron chi connectivity index (χ1n) is 8.46. The number of ether oxygens (including phenoxy) is 1. The zero-order valence-corrected chi connectivity index (χ0v) is 14.6. The van der Waals surface area contributed by atoms with Crippen LogP contribution in [0.2, 0.25) is 0 Å². The molecule has 1 aromatic carbocycles. The van der Waals surface area contributed by atoms with Gasteiger partial charge in [0.15, 0.2) is 0 Å². The lowest BCUT2D eigenvalue weighted by Gasteiger charge is -2.13. The van der Waals surface area contributed by atoms with E-state index in [9.17, 15) is 0 Å². The molecule has 0 spiro atoms. The van der Waals surface area contributed by atoms with Crippen LogP contribution in [0.25, 0.3) is 0 Å². The molecule has 3 rings (SSSR count). The maximum absolute atomic E-state index is 6.04. The van der Waals surface area contributed by atoms with Crippen LogP contribution in [0.15, 0.2) is 18.2 Å². The molecule has 0 aliphatic heterocycles. The van der Waals surface area contributed by atoms with E-state index in [4.69, 9.17) is 4.74 Å². The van der Waals surface area contributed by atoms with E-state index in [0.29, 0.717) is 0 Å². The van der Waals surface area contributed by atoms with Crippen LogP contribution in [0.5, 0.6) is 5.75 Å². The van der Waals surface area contributed by atoms with E-state index >= 15 is 0 Å². The van der Waals surface area contributed by atoms with Crippen molar-refractivity contribution in [1.29, 1.82) is 0 Å². The molecule has 1 aromatic heterocycles. The average molecular weight is 313 g/mol. The first kappa shape index (κ1) is 16.1. The number of nitrogens with zero attached hydrogens (tertiary/aromatic N) is 2. The van der Waals surface area contributed by atoms with E-state index in [1.807, 2.05) is 11.7 Å². The van der Waals surface area contributed by atoms with E-state index in [1.165, 1.54) is 35.2 Å². The normalized spacial score (nSPS) is 14.3. The Morgan fingerprint density at radius 2 is 2.00 bits per heavy atom. The first-order valence-corrected chi connectivity index (χ1v) is 8.46. The van der Waals surface area contributed by atoms with Crippen LogP contribution in [0.1, 0.15) is 40.9 Å². The Morgan fingerprint density at radius 3 is 2.65 bits per heavy atom. The lowest BCUT2D eigenvalue weighted by atomic mass is 10.1. The lowest BCUT2D eigenvalue weighted by molar-refractivity contribution is 0.296. The van der Waals surface area contributed by atoms with Crippen LogP contribution in [0.4, 0.5) is 0 Å². The van der Waals surface area contributed by atoms with E-state index in [0.717, 1.165) is 37.1 Å². The van der Waals surface area contributed by atoms with Gasteiger partial charge in [0.1, 0.15) is 5.75 Å². The highest BCUT2D eigenvalue weighted by molar-refractivity contribution is 5.37. The molecule has 1 N–H and O–H groups in total. The highest BCUT2D eigenvalue weighted by Crippen LogP contribution is 2.30. The van der Waals surface area contributed by atoms with Crippen LogP contribution in [-0.4, -0.2) is 16.4 Å². The molecule has 0 unspecified atom stereocenters. The van der Waals surface area contributed by atoms with Crippen molar-refractivity contribution in [3.63, 3.8) is 0 Å². The smallest absolute Gasteiger partial charge is 0.124 e.